The third kappa shape index (κ3) is 5.00. The van der Waals surface area contributed by atoms with Gasteiger partial charge in [-0.15, -0.1) is 0 Å². The number of carbonyl (C=O) groups is 2. The van der Waals surface area contributed by atoms with Crippen molar-refractivity contribution in [2.24, 2.45) is 7.05 Å². The van der Waals surface area contributed by atoms with Gasteiger partial charge in [0.2, 0.25) is 0 Å². The number of amides is 1. The number of imidazole rings is 1. The predicted molar refractivity (Wildman–Crippen MR) is 142 cm³/mol. The molecule has 0 aliphatic carbocycles. The summed E-state index contributed by atoms with van der Waals surface area (Å²) in [5.74, 6) is -2.68. The van der Waals surface area contributed by atoms with E-state index in [2.05, 4.69) is 15.4 Å². The van der Waals surface area contributed by atoms with Crippen molar-refractivity contribution in [2.45, 2.75) is 27.0 Å². The second-order valence-corrected chi connectivity index (χ2v) is 9.29. The number of aromatic nitrogens is 4. The van der Waals surface area contributed by atoms with Crippen molar-refractivity contribution in [3.63, 3.8) is 0 Å². The van der Waals surface area contributed by atoms with Gasteiger partial charge < -0.3 is 15.2 Å². The van der Waals surface area contributed by atoms with Crippen LogP contribution in [-0.4, -0.2) is 36.1 Å². The second kappa shape index (κ2) is 10.6. The predicted octanol–water partition coefficient (Wildman–Crippen LogP) is 4.84. The molecule has 0 atom stereocenters. The quantitative estimate of drug-likeness (QED) is 0.289. The molecule has 5 aromatic rings. The third-order valence-electron chi connectivity index (χ3n) is 6.48. The molecule has 0 radical (unpaired) electrons. The smallest absolute Gasteiger partial charge is 0.356 e. The Morgan fingerprint density at radius 1 is 1.05 bits per heavy atom. The third-order valence-corrected chi connectivity index (χ3v) is 6.48. The van der Waals surface area contributed by atoms with Crippen LogP contribution in [0.3, 0.4) is 0 Å². The van der Waals surface area contributed by atoms with Crippen LogP contribution in [0.4, 0.5) is 8.78 Å². The first kappa shape index (κ1) is 26.5. The minimum absolute atomic E-state index is 0.0798. The van der Waals surface area contributed by atoms with Gasteiger partial charge in [-0.3, -0.25) is 13.9 Å². The fraction of sp³-hybridized carbons (Fsp3) is 0.172. The number of carbonyl (C=O) groups excluding carboxylic acids is 1. The lowest BCUT2D eigenvalue weighted by molar-refractivity contribution is 0.0689. The summed E-state index contributed by atoms with van der Waals surface area (Å²) in [5, 5.41) is 16.3. The van der Waals surface area contributed by atoms with Gasteiger partial charge in [-0.25, -0.2) is 18.6 Å². The number of hydrogen-bond donors (Lipinski definition) is 2. The van der Waals surface area contributed by atoms with Gasteiger partial charge in [-0.2, -0.15) is 5.10 Å². The lowest BCUT2D eigenvalue weighted by Gasteiger charge is -2.12. The highest BCUT2D eigenvalue weighted by atomic mass is 19.1. The number of aryl methyl sites for hydroxylation is 3. The molecule has 0 saturated carbocycles. The van der Waals surface area contributed by atoms with Crippen molar-refractivity contribution < 1.29 is 28.2 Å². The molecule has 5 rings (SSSR count). The van der Waals surface area contributed by atoms with Crippen LogP contribution in [-0.2, 0) is 20.2 Å². The van der Waals surface area contributed by atoms with E-state index in [1.165, 1.54) is 16.8 Å². The first-order valence-corrected chi connectivity index (χ1v) is 12.3. The molecule has 9 nitrogen and oxygen atoms in total. The summed E-state index contributed by atoms with van der Waals surface area (Å²) < 4.78 is 37.1. The number of ether oxygens (including phenoxy) is 1. The van der Waals surface area contributed by atoms with Gasteiger partial charge in [0.05, 0.1) is 17.0 Å². The molecule has 3 heterocycles. The van der Waals surface area contributed by atoms with Gasteiger partial charge in [0.25, 0.3) is 5.91 Å². The maximum absolute atomic E-state index is 14.1. The van der Waals surface area contributed by atoms with Crippen LogP contribution in [0, 0.1) is 25.5 Å². The number of aromatic carboxylic acids is 1. The van der Waals surface area contributed by atoms with E-state index < -0.39 is 23.5 Å². The van der Waals surface area contributed by atoms with E-state index in [-0.39, 0.29) is 35.9 Å². The SMILES string of the molecule is Cc1cc(OCc2c(F)cccc2F)c2nc(C)c(C(=O)NCc3ccccc3-c3cc(C(=O)O)nn3C)n2c1. The number of benzene rings is 2. The Bertz CT molecular complexity index is 1760. The lowest BCUT2D eigenvalue weighted by atomic mass is 10.0. The summed E-state index contributed by atoms with van der Waals surface area (Å²) in [5.41, 5.74) is 3.61. The molecule has 204 valence electrons. The van der Waals surface area contributed by atoms with Crippen LogP contribution >= 0.6 is 0 Å². The van der Waals surface area contributed by atoms with Crippen LogP contribution in [0.5, 0.6) is 5.75 Å². The monoisotopic (exact) mass is 545 g/mol. The zero-order valence-corrected chi connectivity index (χ0v) is 21.9. The summed E-state index contributed by atoms with van der Waals surface area (Å²) in [6.45, 7) is 3.30. The summed E-state index contributed by atoms with van der Waals surface area (Å²) in [6, 6.07) is 14.1. The van der Waals surface area contributed by atoms with E-state index in [0.717, 1.165) is 28.8 Å². The van der Waals surface area contributed by atoms with E-state index in [9.17, 15) is 23.5 Å². The highest BCUT2D eigenvalue weighted by molar-refractivity contribution is 5.95. The molecule has 11 heteroatoms. The van der Waals surface area contributed by atoms with Gasteiger partial charge >= 0.3 is 5.97 Å². The number of nitrogens with one attached hydrogen (secondary N) is 1. The van der Waals surface area contributed by atoms with Gasteiger partial charge in [0, 0.05) is 25.4 Å². The normalized spacial score (nSPS) is 11.1. The molecule has 40 heavy (non-hydrogen) atoms. The van der Waals surface area contributed by atoms with Gasteiger partial charge in [-0.05, 0) is 49.2 Å². The Balaban J connectivity index is 1.41. The number of carboxylic acids is 1. The van der Waals surface area contributed by atoms with Crippen molar-refractivity contribution in [2.75, 3.05) is 0 Å². The zero-order valence-electron chi connectivity index (χ0n) is 21.9. The van der Waals surface area contributed by atoms with E-state index in [0.29, 0.717) is 17.0 Å². The lowest BCUT2D eigenvalue weighted by Crippen LogP contribution is -2.25. The zero-order chi connectivity index (χ0) is 28.6. The molecule has 2 N–H and O–H groups in total. The molecule has 0 bridgehead atoms. The molecule has 3 aromatic heterocycles. The maximum atomic E-state index is 14.1. The molecular weight excluding hydrogens is 520 g/mol. The Labute approximate surface area is 227 Å². The summed E-state index contributed by atoms with van der Waals surface area (Å²) >= 11 is 0. The number of rotatable bonds is 8. The summed E-state index contributed by atoms with van der Waals surface area (Å²) in [7, 11) is 1.65. The van der Waals surface area contributed by atoms with E-state index in [4.69, 9.17) is 4.74 Å². The van der Waals surface area contributed by atoms with Crippen LogP contribution in [0.1, 0.15) is 43.4 Å². The molecule has 0 aliphatic rings. The van der Waals surface area contributed by atoms with Crippen LogP contribution in [0.15, 0.2) is 60.8 Å². The largest absolute Gasteiger partial charge is 0.485 e. The number of fused-ring (bicyclic) bond motifs is 1. The Kier molecular flexibility index (Phi) is 7.03. The number of nitrogens with zero attached hydrogens (tertiary/aromatic N) is 4. The van der Waals surface area contributed by atoms with E-state index in [1.54, 1.807) is 30.6 Å². The number of carboxylic acid groups (broad SMARTS) is 1. The van der Waals surface area contributed by atoms with Crippen molar-refractivity contribution in [3.05, 3.63) is 106 Å². The van der Waals surface area contributed by atoms with E-state index in [1.807, 2.05) is 31.2 Å². The Morgan fingerprint density at radius 3 is 2.48 bits per heavy atom. The molecular formula is C29H25F2N5O4. The average molecular weight is 546 g/mol. The average Bonchev–Trinajstić information content (AvgIpc) is 3.46. The fourth-order valence-corrected chi connectivity index (χ4v) is 4.57. The summed E-state index contributed by atoms with van der Waals surface area (Å²) in [6.07, 6.45) is 1.73. The fourth-order valence-electron chi connectivity index (χ4n) is 4.57. The van der Waals surface area contributed by atoms with Gasteiger partial charge in [-0.1, -0.05) is 30.3 Å². The Hall–Kier alpha value is -5.06. The molecule has 0 fully saturated rings. The van der Waals surface area contributed by atoms with E-state index >= 15 is 0 Å². The van der Waals surface area contributed by atoms with Crippen LogP contribution in [0.2, 0.25) is 0 Å². The topological polar surface area (TPSA) is 111 Å². The number of hydrogen-bond acceptors (Lipinski definition) is 5. The Morgan fingerprint density at radius 2 is 1.77 bits per heavy atom. The standard InChI is InChI=1S/C29H25F2N5O4/c1-16-11-25(40-15-20-21(30)9-6-10-22(20)31)27-33-17(2)26(36(27)14-16)28(37)32-13-18-7-4-5-8-19(18)24-12-23(29(38)39)34-35(24)3/h4-12,14H,13,15H2,1-3H3,(H,32,37)(H,38,39). The van der Waals surface area contributed by atoms with Crippen molar-refractivity contribution in [1.82, 2.24) is 24.5 Å². The maximum Gasteiger partial charge on any atom is 0.356 e. The second-order valence-electron chi connectivity index (χ2n) is 9.29. The minimum atomic E-state index is -1.13. The summed E-state index contributed by atoms with van der Waals surface area (Å²) in [4.78, 5) is 29.3. The van der Waals surface area contributed by atoms with Crippen molar-refractivity contribution in [1.29, 1.82) is 0 Å². The molecule has 0 unspecified atom stereocenters. The highest BCUT2D eigenvalue weighted by Crippen LogP contribution is 2.27. The number of pyridine rings is 1. The van der Waals surface area contributed by atoms with Crippen LogP contribution in [0.25, 0.3) is 16.9 Å². The van der Waals surface area contributed by atoms with Crippen molar-refractivity contribution in [3.8, 4) is 17.0 Å². The molecule has 0 aliphatic heterocycles. The van der Waals surface area contributed by atoms with Gasteiger partial charge in [0.15, 0.2) is 17.1 Å². The number of halogens is 2. The molecule has 0 saturated heterocycles. The molecule has 1 amide bonds. The van der Waals surface area contributed by atoms with Crippen molar-refractivity contribution >= 4 is 17.5 Å². The molecule has 0 spiro atoms. The highest BCUT2D eigenvalue weighted by Gasteiger charge is 2.21. The first-order valence-electron chi connectivity index (χ1n) is 12.3. The minimum Gasteiger partial charge on any atom is -0.485 e. The van der Waals surface area contributed by atoms with Gasteiger partial charge in [0.1, 0.15) is 23.9 Å². The molecule has 2 aromatic carbocycles. The van der Waals surface area contributed by atoms with Crippen LogP contribution < -0.4 is 10.1 Å². The first-order chi connectivity index (χ1) is 19.1.